The van der Waals surface area contributed by atoms with Crippen LogP contribution in [-0.2, 0) is 17.9 Å². The summed E-state index contributed by atoms with van der Waals surface area (Å²) in [5.74, 6) is -0.245. The fraction of sp³-hybridized carbons (Fsp3) is 0.0833. The van der Waals surface area contributed by atoms with Crippen LogP contribution in [0.2, 0.25) is 10.0 Å². The van der Waals surface area contributed by atoms with Gasteiger partial charge in [0.05, 0.1) is 11.4 Å². The Hall–Kier alpha value is -2.32. The fourth-order valence-corrected chi connectivity index (χ4v) is 4.85. The Morgan fingerprint density at radius 3 is 2.42 bits per heavy atom. The van der Waals surface area contributed by atoms with Crippen LogP contribution in [0, 0.1) is 5.82 Å². The van der Waals surface area contributed by atoms with Gasteiger partial charge in [0.15, 0.2) is 0 Å². The van der Waals surface area contributed by atoms with Gasteiger partial charge in [-0.3, -0.25) is 14.5 Å². The third-order valence-electron chi connectivity index (χ3n) is 4.82. The molecule has 0 saturated carbocycles. The molecule has 0 radical (unpaired) electrons. The molecule has 1 aliphatic heterocycles. The van der Waals surface area contributed by atoms with Gasteiger partial charge in [-0.05, 0) is 65.9 Å². The first kappa shape index (κ1) is 23.8. The first-order valence-corrected chi connectivity index (χ1v) is 12.0. The van der Waals surface area contributed by atoms with E-state index in [1.54, 1.807) is 48.5 Å². The zero-order valence-electron chi connectivity index (χ0n) is 16.9. The van der Waals surface area contributed by atoms with Gasteiger partial charge in [0.1, 0.15) is 18.2 Å². The quantitative estimate of drug-likeness (QED) is 0.287. The van der Waals surface area contributed by atoms with E-state index >= 15 is 0 Å². The topological polar surface area (TPSA) is 46.6 Å². The minimum atomic E-state index is -0.439. The lowest BCUT2D eigenvalue weighted by Gasteiger charge is -2.15. The molecule has 3 aromatic carbocycles. The number of hydrogen-bond donors (Lipinski definition) is 0. The number of rotatable bonds is 6. The van der Waals surface area contributed by atoms with Crippen LogP contribution < -0.4 is 4.74 Å². The van der Waals surface area contributed by atoms with E-state index in [-0.39, 0.29) is 23.9 Å². The highest BCUT2D eigenvalue weighted by atomic mass is 79.9. The van der Waals surface area contributed by atoms with Gasteiger partial charge in [0.25, 0.3) is 11.1 Å². The van der Waals surface area contributed by atoms with Crippen LogP contribution >= 0.6 is 50.9 Å². The second-order valence-corrected chi connectivity index (χ2v) is 9.79. The fourth-order valence-electron chi connectivity index (χ4n) is 3.12. The zero-order chi connectivity index (χ0) is 23.5. The van der Waals surface area contributed by atoms with Crippen LogP contribution in [0.4, 0.5) is 9.18 Å². The van der Waals surface area contributed by atoms with Crippen molar-refractivity contribution in [3.05, 3.63) is 103 Å². The Bertz CT molecular complexity index is 1250. The molecule has 0 aromatic heterocycles. The van der Waals surface area contributed by atoms with Crippen molar-refractivity contribution in [2.24, 2.45) is 0 Å². The minimum Gasteiger partial charge on any atom is -0.488 e. The summed E-state index contributed by atoms with van der Waals surface area (Å²) in [5, 5.41) is 0.356. The molecule has 3 aromatic rings. The smallest absolute Gasteiger partial charge is 0.293 e. The van der Waals surface area contributed by atoms with Crippen LogP contribution in [0.15, 0.2) is 70.0 Å². The molecule has 0 spiro atoms. The Labute approximate surface area is 212 Å². The molecule has 1 heterocycles. The van der Waals surface area contributed by atoms with Gasteiger partial charge < -0.3 is 4.74 Å². The van der Waals surface area contributed by atoms with Crippen molar-refractivity contribution in [1.82, 2.24) is 4.90 Å². The van der Waals surface area contributed by atoms with Crippen molar-refractivity contribution in [3.63, 3.8) is 0 Å². The monoisotopic (exact) mass is 565 g/mol. The predicted molar refractivity (Wildman–Crippen MR) is 133 cm³/mol. The molecule has 1 saturated heterocycles. The van der Waals surface area contributed by atoms with Crippen LogP contribution in [-0.4, -0.2) is 16.0 Å². The molecule has 0 atom stereocenters. The number of amides is 2. The van der Waals surface area contributed by atoms with Gasteiger partial charge >= 0.3 is 0 Å². The van der Waals surface area contributed by atoms with Crippen molar-refractivity contribution in [2.75, 3.05) is 0 Å². The highest BCUT2D eigenvalue weighted by Crippen LogP contribution is 2.37. The molecular weight excluding hydrogens is 552 g/mol. The third kappa shape index (κ3) is 5.61. The predicted octanol–water partition coefficient (Wildman–Crippen LogP) is 7.71. The number of nitrogens with zero attached hydrogens (tertiary/aromatic N) is 1. The van der Waals surface area contributed by atoms with E-state index in [1.807, 2.05) is 6.07 Å². The Kier molecular flexibility index (Phi) is 7.44. The molecule has 0 aliphatic carbocycles. The average molecular weight is 567 g/mol. The number of ether oxygens (including phenoxy) is 1. The van der Waals surface area contributed by atoms with E-state index in [0.29, 0.717) is 26.9 Å². The number of carbonyl (C=O) groups excluding carboxylic acids is 2. The summed E-state index contributed by atoms with van der Waals surface area (Å²) in [6.07, 6.45) is 1.61. The molecule has 0 bridgehead atoms. The van der Waals surface area contributed by atoms with E-state index < -0.39 is 11.1 Å². The van der Waals surface area contributed by atoms with Crippen molar-refractivity contribution in [1.29, 1.82) is 0 Å². The molecule has 0 N–H and O–H groups in total. The van der Waals surface area contributed by atoms with Gasteiger partial charge in [-0.1, -0.05) is 57.3 Å². The second kappa shape index (κ2) is 10.3. The summed E-state index contributed by atoms with van der Waals surface area (Å²) in [7, 11) is 0. The highest BCUT2D eigenvalue weighted by Gasteiger charge is 2.36. The number of halogens is 4. The van der Waals surface area contributed by atoms with Gasteiger partial charge in [0, 0.05) is 25.6 Å². The van der Waals surface area contributed by atoms with Crippen molar-refractivity contribution in [3.8, 4) is 5.75 Å². The van der Waals surface area contributed by atoms with E-state index in [1.165, 1.54) is 12.1 Å². The molecule has 4 nitrogen and oxygen atoms in total. The highest BCUT2D eigenvalue weighted by molar-refractivity contribution is 9.10. The SMILES string of the molecule is O=C1S/C(=C\c2cc(Br)ccc2OCc2ccc(F)cc2)C(=O)N1Cc1c(Cl)cccc1Cl. The third-order valence-corrected chi connectivity index (χ3v) is 6.93. The van der Waals surface area contributed by atoms with E-state index in [4.69, 9.17) is 27.9 Å². The van der Waals surface area contributed by atoms with E-state index in [9.17, 15) is 14.0 Å². The molecule has 1 aliphatic rings. The number of carbonyl (C=O) groups is 2. The Morgan fingerprint density at radius 2 is 1.73 bits per heavy atom. The molecule has 33 heavy (non-hydrogen) atoms. The molecule has 4 rings (SSSR count). The maximum atomic E-state index is 13.1. The van der Waals surface area contributed by atoms with Gasteiger partial charge in [-0.2, -0.15) is 0 Å². The lowest BCUT2D eigenvalue weighted by molar-refractivity contribution is -0.123. The summed E-state index contributed by atoms with van der Waals surface area (Å²) in [6, 6.07) is 16.4. The molecule has 2 amide bonds. The van der Waals surface area contributed by atoms with Crippen molar-refractivity contribution in [2.45, 2.75) is 13.2 Å². The zero-order valence-corrected chi connectivity index (χ0v) is 20.8. The Balaban J connectivity index is 1.57. The Morgan fingerprint density at radius 1 is 1.03 bits per heavy atom. The van der Waals surface area contributed by atoms with Gasteiger partial charge in [-0.15, -0.1) is 0 Å². The number of thioether (sulfide) groups is 1. The van der Waals surface area contributed by atoms with Gasteiger partial charge in [-0.25, -0.2) is 4.39 Å². The summed E-state index contributed by atoms with van der Waals surface area (Å²) < 4.78 is 19.8. The normalized spacial score (nSPS) is 14.9. The molecule has 0 unspecified atom stereocenters. The van der Waals surface area contributed by atoms with Crippen LogP contribution in [0.1, 0.15) is 16.7 Å². The number of benzene rings is 3. The maximum Gasteiger partial charge on any atom is 0.293 e. The summed E-state index contributed by atoms with van der Waals surface area (Å²) in [4.78, 5) is 26.9. The molecular formula is C24H15BrCl2FNO3S. The lowest BCUT2D eigenvalue weighted by Crippen LogP contribution is -2.27. The summed E-state index contributed by atoms with van der Waals surface area (Å²) >= 11 is 16.7. The lowest BCUT2D eigenvalue weighted by atomic mass is 10.1. The largest absolute Gasteiger partial charge is 0.488 e. The first-order chi connectivity index (χ1) is 15.8. The second-order valence-electron chi connectivity index (χ2n) is 7.07. The average Bonchev–Trinajstić information content (AvgIpc) is 3.04. The van der Waals surface area contributed by atoms with E-state index in [0.717, 1.165) is 26.7 Å². The standard InChI is InChI=1S/C24H15BrCl2FNO3S/c25-16-6-9-21(32-13-14-4-7-17(28)8-5-14)15(10-16)11-22-23(30)29(24(31)33-22)12-18-19(26)2-1-3-20(18)27/h1-11H,12-13H2/b22-11-. The van der Waals surface area contributed by atoms with Crippen LogP contribution in [0.5, 0.6) is 5.75 Å². The number of hydrogen-bond acceptors (Lipinski definition) is 4. The van der Waals surface area contributed by atoms with Crippen LogP contribution in [0.3, 0.4) is 0 Å². The van der Waals surface area contributed by atoms with Crippen molar-refractivity contribution < 1.29 is 18.7 Å². The molecule has 168 valence electrons. The van der Waals surface area contributed by atoms with Crippen molar-refractivity contribution >= 4 is 68.1 Å². The number of imide groups is 1. The first-order valence-electron chi connectivity index (χ1n) is 9.67. The van der Waals surface area contributed by atoms with Crippen LogP contribution in [0.25, 0.3) is 6.08 Å². The van der Waals surface area contributed by atoms with Gasteiger partial charge in [0.2, 0.25) is 0 Å². The maximum absolute atomic E-state index is 13.1. The minimum absolute atomic E-state index is 0.0209. The van der Waals surface area contributed by atoms with E-state index in [2.05, 4.69) is 15.9 Å². The molecule has 1 fully saturated rings. The molecule has 9 heteroatoms. The summed E-state index contributed by atoms with van der Waals surface area (Å²) in [6.45, 7) is 0.197. The summed E-state index contributed by atoms with van der Waals surface area (Å²) in [5.41, 5.74) is 1.92.